The molecule has 0 aromatic rings. The molecule has 4 heteroatoms. The van der Waals surface area contributed by atoms with Gasteiger partial charge in [-0.15, -0.1) is 0 Å². The summed E-state index contributed by atoms with van der Waals surface area (Å²) in [6.07, 6.45) is 0. The Bertz CT molecular complexity index is 10.8. The Kier molecular flexibility index (Phi) is 2.19. The molecule has 0 N–H and O–H groups in total. The van der Waals surface area contributed by atoms with Crippen LogP contribution in [0.4, 0.5) is 8.22 Å². The van der Waals surface area contributed by atoms with Gasteiger partial charge in [-0.3, -0.25) is 0 Å². The molecule has 0 spiro atoms. The molecule has 4 heavy (non-hydrogen) atoms. The molecular weight excluding hydrogens is 139 g/mol. The number of hydrogen-bond donors (Lipinski definition) is 0. The van der Waals surface area contributed by atoms with Crippen molar-refractivity contribution in [1.29, 1.82) is 0 Å². The fraction of sp³-hybridized carbons (Fsp3) is 0. The Labute approximate surface area is 32.8 Å². The maximum atomic E-state index is 10.6. The van der Waals surface area contributed by atoms with E-state index in [-0.39, 0.29) is 15.9 Å². The van der Waals surface area contributed by atoms with Crippen LogP contribution in [0.25, 0.3) is 0 Å². The standard InChI is InChI=1S/F2GeH4Si/c1-4(2)3/h4H,3H3. The van der Waals surface area contributed by atoms with Crippen LogP contribution in [-0.2, 0) is 0 Å². The molecule has 0 bridgehead atoms. The molecule has 0 atom stereocenters. The van der Waals surface area contributed by atoms with Gasteiger partial charge in [0.15, 0.2) is 0 Å². The van der Waals surface area contributed by atoms with E-state index in [2.05, 4.69) is 0 Å². The van der Waals surface area contributed by atoms with E-state index in [0.29, 0.717) is 0 Å². The fourth-order valence-electron chi connectivity index (χ4n) is 0. The van der Waals surface area contributed by atoms with Crippen molar-refractivity contribution < 1.29 is 8.22 Å². The number of halogens is 2. The summed E-state index contributed by atoms with van der Waals surface area (Å²) in [6.45, 7) is 0. The van der Waals surface area contributed by atoms with Gasteiger partial charge in [-0.2, -0.15) is 0 Å². The van der Waals surface area contributed by atoms with Crippen molar-refractivity contribution >= 4 is 23.8 Å². The van der Waals surface area contributed by atoms with Gasteiger partial charge in [0.05, 0.1) is 0 Å². The van der Waals surface area contributed by atoms with E-state index in [9.17, 15) is 8.22 Å². The maximum absolute atomic E-state index is 10.6. The van der Waals surface area contributed by atoms with E-state index < -0.39 is 7.99 Å². The fourth-order valence-corrected chi connectivity index (χ4v) is 0. The zero-order valence-electron chi connectivity index (χ0n) is 2.33. The van der Waals surface area contributed by atoms with Crippen LogP contribution in [0.1, 0.15) is 0 Å². The third-order valence-electron chi connectivity index (χ3n) is 0. The van der Waals surface area contributed by atoms with E-state index in [0.717, 1.165) is 0 Å². The summed E-state index contributed by atoms with van der Waals surface area (Å²) >= 11 is -0.132. The van der Waals surface area contributed by atoms with Crippen LogP contribution in [0.3, 0.4) is 0 Å². The van der Waals surface area contributed by atoms with Crippen molar-refractivity contribution in [1.82, 2.24) is 0 Å². The first-order valence-corrected chi connectivity index (χ1v) is 10.3. The third kappa shape index (κ3) is 17.9. The Morgan fingerprint density at radius 3 is 1.50 bits per heavy atom. The van der Waals surface area contributed by atoms with Crippen molar-refractivity contribution in [3.63, 3.8) is 0 Å². The van der Waals surface area contributed by atoms with E-state index >= 15 is 0 Å². The molecule has 0 rings (SSSR count). The molecule has 0 unspecified atom stereocenters. The van der Waals surface area contributed by atoms with Gasteiger partial charge in [0.2, 0.25) is 0 Å². The predicted molar refractivity (Wildman–Crippen MR) is 19.3 cm³/mol. The van der Waals surface area contributed by atoms with Gasteiger partial charge >= 0.3 is 32.1 Å². The Morgan fingerprint density at radius 1 is 1.50 bits per heavy atom. The van der Waals surface area contributed by atoms with Gasteiger partial charge in [0, 0.05) is 0 Å². The van der Waals surface area contributed by atoms with Crippen LogP contribution in [0, 0.1) is 0 Å². The SMILES string of the molecule is F[SiH](F)[GeH3]. The summed E-state index contributed by atoms with van der Waals surface area (Å²) in [6, 6.07) is 0. The van der Waals surface area contributed by atoms with Crippen molar-refractivity contribution in [3.05, 3.63) is 0 Å². The third-order valence-corrected chi connectivity index (χ3v) is 0. The molecule has 0 amide bonds. The van der Waals surface area contributed by atoms with Crippen LogP contribution >= 0.6 is 0 Å². The van der Waals surface area contributed by atoms with Gasteiger partial charge in [0.25, 0.3) is 0 Å². The summed E-state index contributed by atoms with van der Waals surface area (Å²) in [5.41, 5.74) is 0. The molecule has 0 saturated carbocycles. The second-order valence-corrected chi connectivity index (χ2v) is 7.05. The average molecular weight is 143 g/mol. The monoisotopic (exact) mass is 144 g/mol. The van der Waals surface area contributed by atoms with Crippen LogP contribution in [0.2, 0.25) is 0 Å². The first-order valence-electron chi connectivity index (χ1n) is 1.01. The zero-order chi connectivity index (χ0) is 3.58. The Balaban J connectivity index is 2.32. The second-order valence-electron chi connectivity index (χ2n) is 0.519. The van der Waals surface area contributed by atoms with E-state index in [4.69, 9.17) is 0 Å². The van der Waals surface area contributed by atoms with Crippen molar-refractivity contribution in [2.75, 3.05) is 0 Å². The second kappa shape index (κ2) is 1.90. The zero-order valence-corrected chi connectivity index (χ0v) is 7.68. The molecular formula is H4F2GeSi. The minimum atomic E-state index is -2.95. The predicted octanol–water partition coefficient (Wildman–Crippen LogP) is -0.992. The van der Waals surface area contributed by atoms with Crippen LogP contribution in [0.5, 0.6) is 0 Å². The van der Waals surface area contributed by atoms with Gasteiger partial charge in [-0.1, -0.05) is 0 Å². The van der Waals surface area contributed by atoms with Crippen molar-refractivity contribution in [2.24, 2.45) is 0 Å². The molecule has 0 fully saturated rings. The summed E-state index contributed by atoms with van der Waals surface area (Å²) in [5, 5.41) is 0. The average Bonchev–Trinajstić information content (AvgIpc) is 0.811. The van der Waals surface area contributed by atoms with E-state index in [1.807, 2.05) is 0 Å². The van der Waals surface area contributed by atoms with E-state index in [1.165, 1.54) is 0 Å². The molecule has 0 heterocycles. The van der Waals surface area contributed by atoms with Gasteiger partial charge in [0.1, 0.15) is 0 Å². The molecule has 0 aliphatic heterocycles. The molecule has 0 saturated heterocycles. The molecule has 0 aliphatic carbocycles. The summed E-state index contributed by atoms with van der Waals surface area (Å²) < 4.78 is 21.1. The summed E-state index contributed by atoms with van der Waals surface area (Å²) in [4.78, 5) is 0. The molecule has 0 aromatic carbocycles. The Morgan fingerprint density at radius 2 is 1.50 bits per heavy atom. The first-order chi connectivity index (χ1) is 1.73. The molecule has 0 aromatic heterocycles. The topological polar surface area (TPSA) is 0 Å². The van der Waals surface area contributed by atoms with Gasteiger partial charge < -0.3 is 0 Å². The summed E-state index contributed by atoms with van der Waals surface area (Å²) in [7, 11) is -2.95. The summed E-state index contributed by atoms with van der Waals surface area (Å²) in [5.74, 6) is 0. The van der Waals surface area contributed by atoms with Crippen LogP contribution in [0.15, 0.2) is 0 Å². The molecule has 0 nitrogen and oxygen atoms in total. The molecule has 0 radical (unpaired) electrons. The van der Waals surface area contributed by atoms with E-state index in [1.54, 1.807) is 0 Å². The first kappa shape index (κ1) is 4.62. The number of rotatable bonds is 0. The number of hydrogen-bond acceptors (Lipinski definition) is 0. The van der Waals surface area contributed by atoms with Gasteiger partial charge in [-0.25, -0.2) is 0 Å². The minimum absolute atomic E-state index is 0.132. The molecule has 0 aliphatic rings. The normalized spacial score (nSPS) is 9.75. The van der Waals surface area contributed by atoms with Crippen LogP contribution < -0.4 is 0 Å². The Hall–Kier alpha value is 0.620. The van der Waals surface area contributed by atoms with Crippen LogP contribution in [-0.4, -0.2) is 23.8 Å². The van der Waals surface area contributed by atoms with Crippen molar-refractivity contribution in [2.45, 2.75) is 0 Å². The molecule has 26 valence electrons. The van der Waals surface area contributed by atoms with Gasteiger partial charge in [-0.05, 0) is 0 Å². The quantitative estimate of drug-likeness (QED) is 0.301. The van der Waals surface area contributed by atoms with Crippen molar-refractivity contribution in [3.8, 4) is 0 Å².